The standard InChI is InChI=1S/C15H23NO/c1-11-7-8-12(2)13(10-11)15(16-3)14-6-4-5-9-17-14/h7-8,10,14-16H,4-6,9H2,1-3H3. The molecule has 1 aliphatic heterocycles. The van der Waals surface area contributed by atoms with Crippen LogP contribution in [0, 0.1) is 13.8 Å². The molecular formula is C15H23NO. The maximum atomic E-state index is 5.92. The van der Waals surface area contributed by atoms with Gasteiger partial charge in [0.05, 0.1) is 12.1 Å². The first kappa shape index (κ1) is 12.6. The number of hydrogen-bond acceptors (Lipinski definition) is 2. The number of nitrogens with one attached hydrogen (secondary N) is 1. The number of hydrogen-bond donors (Lipinski definition) is 1. The number of likely N-dealkylation sites (N-methyl/N-ethyl adjacent to an activating group) is 1. The van der Waals surface area contributed by atoms with E-state index < -0.39 is 0 Å². The van der Waals surface area contributed by atoms with Crippen LogP contribution in [0.4, 0.5) is 0 Å². The zero-order chi connectivity index (χ0) is 12.3. The normalized spacial score (nSPS) is 22.4. The van der Waals surface area contributed by atoms with Crippen molar-refractivity contribution in [2.45, 2.75) is 45.3 Å². The number of ether oxygens (including phenoxy) is 1. The van der Waals surface area contributed by atoms with Crippen LogP contribution in [0.3, 0.4) is 0 Å². The largest absolute Gasteiger partial charge is 0.376 e. The minimum atomic E-state index is 0.328. The third kappa shape index (κ3) is 2.88. The van der Waals surface area contributed by atoms with Crippen molar-refractivity contribution in [2.24, 2.45) is 0 Å². The molecule has 1 N–H and O–H groups in total. The maximum Gasteiger partial charge on any atom is 0.0769 e. The van der Waals surface area contributed by atoms with E-state index in [9.17, 15) is 0 Å². The smallest absolute Gasteiger partial charge is 0.0769 e. The topological polar surface area (TPSA) is 21.3 Å². The van der Waals surface area contributed by atoms with E-state index in [1.165, 1.54) is 36.0 Å². The molecule has 0 aromatic heterocycles. The molecule has 1 saturated heterocycles. The molecule has 0 bridgehead atoms. The second-order valence-corrected chi connectivity index (χ2v) is 5.03. The van der Waals surface area contributed by atoms with Crippen LogP contribution in [-0.4, -0.2) is 19.8 Å². The molecule has 1 aromatic carbocycles. The zero-order valence-electron chi connectivity index (χ0n) is 11.1. The fraction of sp³-hybridized carbons (Fsp3) is 0.600. The van der Waals surface area contributed by atoms with Crippen LogP contribution in [0.15, 0.2) is 18.2 Å². The minimum Gasteiger partial charge on any atom is -0.376 e. The Morgan fingerprint density at radius 1 is 1.29 bits per heavy atom. The van der Waals surface area contributed by atoms with Crippen molar-refractivity contribution in [3.63, 3.8) is 0 Å². The lowest BCUT2D eigenvalue weighted by molar-refractivity contribution is -0.00675. The summed E-state index contributed by atoms with van der Waals surface area (Å²) in [6, 6.07) is 7.00. The first-order valence-electron chi connectivity index (χ1n) is 6.58. The molecule has 2 rings (SSSR count). The van der Waals surface area contributed by atoms with Crippen molar-refractivity contribution < 1.29 is 4.74 Å². The molecule has 0 amide bonds. The van der Waals surface area contributed by atoms with Gasteiger partial charge < -0.3 is 10.1 Å². The van der Waals surface area contributed by atoms with E-state index >= 15 is 0 Å². The lowest BCUT2D eigenvalue weighted by atomic mass is 9.92. The van der Waals surface area contributed by atoms with Crippen LogP contribution in [0.25, 0.3) is 0 Å². The molecule has 2 unspecified atom stereocenters. The monoisotopic (exact) mass is 233 g/mol. The van der Waals surface area contributed by atoms with E-state index in [1.807, 2.05) is 7.05 Å². The second kappa shape index (κ2) is 5.65. The van der Waals surface area contributed by atoms with Crippen LogP contribution in [0.2, 0.25) is 0 Å². The minimum absolute atomic E-state index is 0.328. The Kier molecular flexibility index (Phi) is 4.19. The first-order chi connectivity index (χ1) is 8.22. The summed E-state index contributed by atoms with van der Waals surface area (Å²) in [5.74, 6) is 0. The van der Waals surface area contributed by atoms with Crippen LogP contribution in [0.1, 0.15) is 42.0 Å². The average Bonchev–Trinajstić information content (AvgIpc) is 2.36. The molecule has 0 radical (unpaired) electrons. The molecule has 1 heterocycles. The van der Waals surface area contributed by atoms with E-state index in [0.717, 1.165) is 6.61 Å². The molecule has 2 nitrogen and oxygen atoms in total. The van der Waals surface area contributed by atoms with Crippen LogP contribution >= 0.6 is 0 Å². The van der Waals surface area contributed by atoms with Gasteiger partial charge in [-0.3, -0.25) is 0 Å². The lowest BCUT2D eigenvalue weighted by Gasteiger charge is -2.31. The van der Waals surface area contributed by atoms with Gasteiger partial charge in [-0.15, -0.1) is 0 Å². The van der Waals surface area contributed by atoms with Crippen molar-refractivity contribution in [1.29, 1.82) is 0 Å². The Labute approximate surface area is 104 Å². The van der Waals surface area contributed by atoms with Crippen molar-refractivity contribution in [2.75, 3.05) is 13.7 Å². The van der Waals surface area contributed by atoms with Gasteiger partial charge in [-0.25, -0.2) is 0 Å². The fourth-order valence-electron chi connectivity index (χ4n) is 2.67. The molecule has 17 heavy (non-hydrogen) atoms. The molecule has 1 aromatic rings. The highest BCUT2D eigenvalue weighted by atomic mass is 16.5. The van der Waals surface area contributed by atoms with Crippen molar-refractivity contribution >= 4 is 0 Å². The van der Waals surface area contributed by atoms with Gasteiger partial charge in [0.25, 0.3) is 0 Å². The van der Waals surface area contributed by atoms with E-state index in [0.29, 0.717) is 12.1 Å². The molecule has 2 heteroatoms. The Hall–Kier alpha value is -0.860. The third-order valence-corrected chi connectivity index (χ3v) is 3.67. The van der Waals surface area contributed by atoms with E-state index in [2.05, 4.69) is 37.4 Å². The van der Waals surface area contributed by atoms with Crippen molar-refractivity contribution in [3.05, 3.63) is 34.9 Å². The molecule has 2 atom stereocenters. The van der Waals surface area contributed by atoms with E-state index in [4.69, 9.17) is 4.74 Å². The van der Waals surface area contributed by atoms with Crippen molar-refractivity contribution in [3.8, 4) is 0 Å². The van der Waals surface area contributed by atoms with Crippen LogP contribution < -0.4 is 5.32 Å². The molecule has 1 aliphatic rings. The van der Waals surface area contributed by atoms with Crippen LogP contribution in [-0.2, 0) is 4.74 Å². The second-order valence-electron chi connectivity index (χ2n) is 5.03. The predicted molar refractivity (Wildman–Crippen MR) is 71.3 cm³/mol. The summed E-state index contributed by atoms with van der Waals surface area (Å²) in [5.41, 5.74) is 4.06. The van der Waals surface area contributed by atoms with Gasteiger partial charge in [-0.05, 0) is 51.3 Å². The molecule has 0 saturated carbocycles. The van der Waals surface area contributed by atoms with Gasteiger partial charge in [-0.1, -0.05) is 23.8 Å². The SMILES string of the molecule is CNC(c1cc(C)ccc1C)C1CCCCO1. The molecule has 1 fully saturated rings. The fourth-order valence-corrected chi connectivity index (χ4v) is 2.67. The zero-order valence-corrected chi connectivity index (χ0v) is 11.1. The Bertz CT molecular complexity index is 369. The van der Waals surface area contributed by atoms with Gasteiger partial charge in [0, 0.05) is 6.61 Å². The summed E-state index contributed by atoms with van der Waals surface area (Å²) in [6.45, 7) is 5.24. The summed E-state index contributed by atoms with van der Waals surface area (Å²) in [6.07, 6.45) is 3.99. The maximum absolute atomic E-state index is 5.92. The van der Waals surface area contributed by atoms with Crippen LogP contribution in [0.5, 0.6) is 0 Å². The van der Waals surface area contributed by atoms with Crippen molar-refractivity contribution in [1.82, 2.24) is 5.32 Å². The molecule has 94 valence electrons. The Morgan fingerprint density at radius 3 is 2.76 bits per heavy atom. The lowest BCUT2D eigenvalue weighted by Crippen LogP contribution is -2.34. The number of benzene rings is 1. The Balaban J connectivity index is 2.24. The van der Waals surface area contributed by atoms with Gasteiger partial charge in [0.1, 0.15) is 0 Å². The number of rotatable bonds is 3. The van der Waals surface area contributed by atoms with Gasteiger partial charge in [0.2, 0.25) is 0 Å². The molecule has 0 aliphatic carbocycles. The number of aryl methyl sites for hydroxylation is 2. The third-order valence-electron chi connectivity index (χ3n) is 3.67. The van der Waals surface area contributed by atoms with Gasteiger partial charge >= 0.3 is 0 Å². The van der Waals surface area contributed by atoms with Gasteiger partial charge in [0.15, 0.2) is 0 Å². The van der Waals surface area contributed by atoms with Gasteiger partial charge in [-0.2, -0.15) is 0 Å². The summed E-state index contributed by atoms with van der Waals surface area (Å²) < 4.78 is 5.92. The molecular weight excluding hydrogens is 210 g/mol. The van der Waals surface area contributed by atoms with E-state index in [-0.39, 0.29) is 0 Å². The average molecular weight is 233 g/mol. The quantitative estimate of drug-likeness (QED) is 0.866. The molecule has 0 spiro atoms. The highest BCUT2D eigenvalue weighted by Crippen LogP contribution is 2.28. The summed E-state index contributed by atoms with van der Waals surface area (Å²) in [7, 11) is 2.03. The predicted octanol–water partition coefficient (Wildman–Crippen LogP) is 3.13. The summed E-state index contributed by atoms with van der Waals surface area (Å²) >= 11 is 0. The highest BCUT2D eigenvalue weighted by Gasteiger charge is 2.25. The summed E-state index contributed by atoms with van der Waals surface area (Å²) in [5, 5.41) is 3.43. The highest BCUT2D eigenvalue weighted by molar-refractivity contribution is 5.33. The van der Waals surface area contributed by atoms with E-state index in [1.54, 1.807) is 0 Å². The Morgan fingerprint density at radius 2 is 2.12 bits per heavy atom. The first-order valence-corrected chi connectivity index (χ1v) is 6.58. The summed E-state index contributed by atoms with van der Waals surface area (Å²) in [4.78, 5) is 0.